The molecule has 0 radical (unpaired) electrons. The number of esters is 1. The lowest BCUT2D eigenvalue weighted by Crippen LogP contribution is -2.03. The van der Waals surface area contributed by atoms with Gasteiger partial charge in [-0.15, -0.1) is 0 Å². The minimum atomic E-state index is -0.273. The van der Waals surface area contributed by atoms with Crippen LogP contribution in [0.2, 0.25) is 0 Å². The van der Waals surface area contributed by atoms with E-state index in [2.05, 4.69) is 25.9 Å². The monoisotopic (exact) mass is 308 g/mol. The van der Waals surface area contributed by atoms with Gasteiger partial charge in [0.15, 0.2) is 0 Å². The maximum absolute atomic E-state index is 11.3. The van der Waals surface area contributed by atoms with Gasteiger partial charge in [-0.05, 0) is 24.6 Å². The molecule has 0 heterocycles. The first kappa shape index (κ1) is 10.8. The van der Waals surface area contributed by atoms with E-state index in [4.69, 9.17) is 0 Å². The van der Waals surface area contributed by atoms with E-state index in [1.54, 1.807) is 8.93 Å². The molecule has 70 valence electrons. The molecule has 0 aliphatic carbocycles. The summed E-state index contributed by atoms with van der Waals surface area (Å²) in [5, 5.41) is 0. The average molecular weight is 308 g/mol. The molecular formula is C9H9IO2S. The lowest BCUT2D eigenvalue weighted by molar-refractivity contribution is 0.0599. The number of carbonyl (C=O) groups is 1. The first-order chi connectivity index (χ1) is 6.19. The van der Waals surface area contributed by atoms with Gasteiger partial charge in [0.2, 0.25) is 0 Å². The fourth-order valence-electron chi connectivity index (χ4n) is 0.979. The van der Waals surface area contributed by atoms with Crippen LogP contribution in [0.5, 0.6) is 0 Å². The van der Waals surface area contributed by atoms with E-state index in [0.717, 1.165) is 10.5 Å². The summed E-state index contributed by atoms with van der Waals surface area (Å²) in [5.41, 5.74) is 1.59. The van der Waals surface area contributed by atoms with Crippen LogP contribution in [0.1, 0.15) is 15.9 Å². The number of halogens is 1. The summed E-state index contributed by atoms with van der Waals surface area (Å²) in [6, 6.07) is 5.75. The Morgan fingerprint density at radius 3 is 2.77 bits per heavy atom. The fraction of sp³-hybridized carbons (Fsp3) is 0.222. The molecule has 0 atom stereocenters. The Balaban J connectivity index is 3.11. The molecule has 0 N–H and O–H groups in total. The summed E-state index contributed by atoms with van der Waals surface area (Å²) >= 11 is 2.18. The Bertz CT molecular complexity index is 325. The molecule has 0 bridgehead atoms. The molecular weight excluding hydrogens is 299 g/mol. The van der Waals surface area contributed by atoms with E-state index in [9.17, 15) is 4.79 Å². The largest absolute Gasteiger partial charge is 0.465 e. The Kier molecular flexibility index (Phi) is 4.05. The highest BCUT2D eigenvalue weighted by Gasteiger charge is 2.09. The van der Waals surface area contributed by atoms with Crippen LogP contribution in [0.15, 0.2) is 23.1 Å². The van der Waals surface area contributed by atoms with Gasteiger partial charge in [-0.25, -0.2) is 4.79 Å². The third-order valence-corrected chi connectivity index (χ3v) is 3.66. The van der Waals surface area contributed by atoms with Gasteiger partial charge in [0, 0.05) is 26.1 Å². The van der Waals surface area contributed by atoms with Crippen LogP contribution in [0, 0.1) is 6.92 Å². The molecule has 0 saturated carbocycles. The van der Waals surface area contributed by atoms with Crippen LogP contribution in [-0.2, 0) is 4.74 Å². The number of rotatable bonds is 2. The zero-order valence-electron chi connectivity index (χ0n) is 7.33. The Labute approximate surface area is 93.6 Å². The molecule has 0 fully saturated rings. The summed E-state index contributed by atoms with van der Waals surface area (Å²) in [4.78, 5) is 12.3. The highest BCUT2D eigenvalue weighted by molar-refractivity contribution is 14.2. The number of carbonyl (C=O) groups excluding carboxylic acids is 1. The second-order valence-corrected chi connectivity index (χ2v) is 4.49. The fourth-order valence-corrected chi connectivity index (χ4v) is 2.08. The van der Waals surface area contributed by atoms with Crippen molar-refractivity contribution in [2.75, 3.05) is 7.11 Å². The minimum absolute atomic E-state index is 0.273. The van der Waals surface area contributed by atoms with Gasteiger partial charge in [0.1, 0.15) is 0 Å². The summed E-state index contributed by atoms with van der Waals surface area (Å²) in [7, 11) is 2.98. The molecule has 0 saturated heterocycles. The molecule has 0 amide bonds. The Morgan fingerprint density at radius 2 is 2.23 bits per heavy atom. The summed E-state index contributed by atoms with van der Waals surface area (Å²) in [6.45, 7) is 1.90. The van der Waals surface area contributed by atoms with Crippen molar-refractivity contribution in [2.24, 2.45) is 0 Å². The lowest BCUT2D eigenvalue weighted by Gasteiger charge is -2.04. The van der Waals surface area contributed by atoms with Crippen molar-refractivity contribution >= 4 is 36.1 Å². The number of methoxy groups -OCH3 is 1. The quantitative estimate of drug-likeness (QED) is 0.620. The normalized spacial score (nSPS) is 9.77. The molecule has 0 spiro atoms. The molecule has 4 heteroatoms. The van der Waals surface area contributed by atoms with Gasteiger partial charge < -0.3 is 4.74 Å². The maximum atomic E-state index is 11.3. The summed E-state index contributed by atoms with van der Waals surface area (Å²) < 4.78 is 4.67. The number of hydrogen-bond acceptors (Lipinski definition) is 3. The van der Waals surface area contributed by atoms with Crippen molar-refractivity contribution in [3.8, 4) is 0 Å². The molecule has 2 nitrogen and oxygen atoms in total. The van der Waals surface area contributed by atoms with Crippen molar-refractivity contribution in [1.82, 2.24) is 0 Å². The van der Waals surface area contributed by atoms with Crippen molar-refractivity contribution in [2.45, 2.75) is 11.8 Å². The minimum Gasteiger partial charge on any atom is -0.465 e. The third-order valence-electron chi connectivity index (χ3n) is 1.70. The van der Waals surface area contributed by atoms with Crippen molar-refractivity contribution in [1.29, 1.82) is 0 Å². The van der Waals surface area contributed by atoms with E-state index in [-0.39, 0.29) is 5.97 Å². The molecule has 1 aromatic carbocycles. The molecule has 0 aliphatic rings. The highest BCUT2D eigenvalue weighted by atomic mass is 127. The SMILES string of the molecule is COC(=O)c1cc(SI)ccc1C. The van der Waals surface area contributed by atoms with Crippen LogP contribution < -0.4 is 0 Å². The number of aryl methyl sites for hydroxylation is 1. The van der Waals surface area contributed by atoms with E-state index in [1.807, 2.05) is 25.1 Å². The lowest BCUT2D eigenvalue weighted by atomic mass is 10.1. The predicted octanol–water partition coefficient (Wildman–Crippen LogP) is 3.22. The van der Waals surface area contributed by atoms with E-state index >= 15 is 0 Å². The summed E-state index contributed by atoms with van der Waals surface area (Å²) in [6.07, 6.45) is 0. The van der Waals surface area contributed by atoms with Gasteiger partial charge >= 0.3 is 5.97 Å². The van der Waals surface area contributed by atoms with Gasteiger partial charge in [0.25, 0.3) is 0 Å². The van der Waals surface area contributed by atoms with Crippen molar-refractivity contribution < 1.29 is 9.53 Å². The van der Waals surface area contributed by atoms with Gasteiger partial charge in [0.05, 0.1) is 12.7 Å². The molecule has 0 aromatic heterocycles. The third kappa shape index (κ3) is 2.60. The highest BCUT2D eigenvalue weighted by Crippen LogP contribution is 2.27. The first-order valence-corrected chi connectivity index (χ1v) is 7.02. The maximum Gasteiger partial charge on any atom is 0.338 e. The van der Waals surface area contributed by atoms with Crippen molar-refractivity contribution in [3.63, 3.8) is 0 Å². The Hall–Kier alpha value is -0.230. The molecule has 0 unspecified atom stereocenters. The van der Waals surface area contributed by atoms with E-state index in [1.165, 1.54) is 7.11 Å². The van der Waals surface area contributed by atoms with Crippen LogP contribution >= 0.6 is 30.1 Å². The number of benzene rings is 1. The van der Waals surface area contributed by atoms with Crippen LogP contribution in [0.3, 0.4) is 0 Å². The van der Waals surface area contributed by atoms with Crippen LogP contribution in [-0.4, -0.2) is 13.1 Å². The van der Waals surface area contributed by atoms with E-state index < -0.39 is 0 Å². The molecule has 1 aromatic rings. The van der Waals surface area contributed by atoms with Crippen LogP contribution in [0.25, 0.3) is 0 Å². The standard InChI is InChI=1S/C9H9IO2S/c1-6-3-4-7(13-10)5-8(6)9(11)12-2/h3-5H,1-2H3. The topological polar surface area (TPSA) is 26.3 Å². The molecule has 13 heavy (non-hydrogen) atoms. The smallest absolute Gasteiger partial charge is 0.338 e. The second kappa shape index (κ2) is 4.85. The van der Waals surface area contributed by atoms with E-state index in [0.29, 0.717) is 5.56 Å². The Morgan fingerprint density at radius 1 is 1.54 bits per heavy atom. The van der Waals surface area contributed by atoms with Gasteiger partial charge in [-0.3, -0.25) is 0 Å². The zero-order valence-corrected chi connectivity index (χ0v) is 10.3. The predicted molar refractivity (Wildman–Crippen MR) is 62.4 cm³/mol. The zero-order chi connectivity index (χ0) is 9.84. The van der Waals surface area contributed by atoms with Crippen molar-refractivity contribution in [3.05, 3.63) is 29.3 Å². The summed E-state index contributed by atoms with van der Waals surface area (Å²) in [5.74, 6) is -0.273. The van der Waals surface area contributed by atoms with Gasteiger partial charge in [-0.2, -0.15) is 0 Å². The average Bonchev–Trinajstić information content (AvgIpc) is 2.17. The van der Waals surface area contributed by atoms with Gasteiger partial charge in [-0.1, -0.05) is 15.0 Å². The molecule has 0 aliphatic heterocycles. The second-order valence-electron chi connectivity index (χ2n) is 2.55. The number of hydrogen-bond donors (Lipinski definition) is 0. The molecule has 1 rings (SSSR count). The first-order valence-electron chi connectivity index (χ1n) is 3.66. The van der Waals surface area contributed by atoms with Crippen LogP contribution in [0.4, 0.5) is 0 Å². The number of ether oxygens (including phenoxy) is 1.